The molecule has 0 spiro atoms. The van der Waals surface area contributed by atoms with E-state index in [0.717, 1.165) is 18.4 Å². The average molecular weight is 505 g/mol. The van der Waals surface area contributed by atoms with Crippen LogP contribution in [0.25, 0.3) is 0 Å². The number of nitrogens with two attached hydrogens (primary N) is 1. The molecule has 2 heterocycles. The van der Waals surface area contributed by atoms with Gasteiger partial charge in [0.1, 0.15) is 6.04 Å². The summed E-state index contributed by atoms with van der Waals surface area (Å²) in [4.78, 5) is 53.6. The van der Waals surface area contributed by atoms with Crippen LogP contribution in [-0.2, 0) is 29.4 Å². The fourth-order valence-electron chi connectivity index (χ4n) is 2.95. The Balaban J connectivity index is 0.00000385. The van der Waals surface area contributed by atoms with Gasteiger partial charge in [0.05, 0.1) is 12.8 Å². The van der Waals surface area contributed by atoms with Gasteiger partial charge in [0.15, 0.2) is 27.5 Å². The number of methoxy groups -OCH3 is 1. The summed E-state index contributed by atoms with van der Waals surface area (Å²) >= 11 is 0.990. The van der Waals surface area contributed by atoms with Crippen LogP contribution in [0.4, 0.5) is 5.13 Å². The van der Waals surface area contributed by atoms with E-state index in [-0.39, 0.29) is 50.3 Å². The molecule has 3 amide bonds. The van der Waals surface area contributed by atoms with Gasteiger partial charge >= 0.3 is 35.5 Å². The average Bonchev–Trinajstić information content (AvgIpc) is 3.18. The number of carbonyl (C=O) groups excluding carboxylic acids is 4. The number of benzene rings is 1. The molecule has 1 unspecified atom stereocenters. The molecular weight excluding hydrogens is 489 g/mol. The molecule has 2 aromatic rings. The largest absolute Gasteiger partial charge is 1.00 e. The molecular formula is C17H16N5NaO8S2. The zero-order chi connectivity index (χ0) is 23.6. The van der Waals surface area contributed by atoms with Gasteiger partial charge in [-0.05, 0) is 12.1 Å². The predicted molar refractivity (Wildman–Crippen MR) is 107 cm³/mol. The SMILES string of the molecule is COC(=O)[C@H]1[C@@H](NC(=O)C(NC(=O)c2ccccc2)c2csc(N)n2)C(=O)N1S(=O)(=O)[O-].[Na+]. The van der Waals surface area contributed by atoms with Crippen molar-refractivity contribution in [3.63, 3.8) is 0 Å². The number of anilines is 1. The number of aromatic nitrogens is 1. The normalized spacial score (nSPS) is 18.4. The van der Waals surface area contributed by atoms with Crippen molar-refractivity contribution in [3.05, 3.63) is 47.0 Å². The minimum absolute atomic E-state index is 0. The third kappa shape index (κ3) is 5.69. The van der Waals surface area contributed by atoms with Crippen LogP contribution in [-0.4, -0.2) is 65.1 Å². The van der Waals surface area contributed by atoms with Crippen LogP contribution >= 0.6 is 11.3 Å². The Bertz CT molecular complexity index is 1170. The number of hydrogen-bond donors (Lipinski definition) is 3. The van der Waals surface area contributed by atoms with Crippen LogP contribution in [0.15, 0.2) is 35.7 Å². The van der Waals surface area contributed by atoms with Gasteiger partial charge in [0, 0.05) is 10.9 Å². The second kappa shape index (κ2) is 10.6. The molecule has 33 heavy (non-hydrogen) atoms. The summed E-state index contributed by atoms with van der Waals surface area (Å²) in [5.41, 5.74) is 5.88. The van der Waals surface area contributed by atoms with Crippen LogP contribution in [0.3, 0.4) is 0 Å². The summed E-state index contributed by atoms with van der Waals surface area (Å²) in [6, 6.07) is 2.87. The Morgan fingerprint density at radius 2 is 1.91 bits per heavy atom. The number of amides is 3. The minimum atomic E-state index is -5.33. The number of esters is 1. The molecule has 3 rings (SSSR count). The maximum atomic E-state index is 12.9. The molecule has 1 fully saturated rings. The maximum absolute atomic E-state index is 12.9. The zero-order valence-electron chi connectivity index (χ0n) is 17.3. The molecule has 170 valence electrons. The Kier molecular flexibility index (Phi) is 8.56. The number of nitrogens with one attached hydrogen (secondary N) is 2. The topological polar surface area (TPSA) is 201 Å². The van der Waals surface area contributed by atoms with Gasteiger partial charge in [0.25, 0.3) is 11.8 Å². The molecule has 1 aliphatic heterocycles. The van der Waals surface area contributed by atoms with Crippen molar-refractivity contribution >= 4 is 50.5 Å². The summed E-state index contributed by atoms with van der Waals surface area (Å²) in [5, 5.41) is 6.12. The van der Waals surface area contributed by atoms with Crippen LogP contribution in [0, 0.1) is 0 Å². The van der Waals surface area contributed by atoms with E-state index in [1.165, 1.54) is 17.5 Å². The third-order valence-electron chi connectivity index (χ3n) is 4.44. The van der Waals surface area contributed by atoms with E-state index in [1.54, 1.807) is 18.2 Å². The van der Waals surface area contributed by atoms with Gasteiger partial charge in [-0.2, -0.15) is 0 Å². The molecule has 1 saturated heterocycles. The first-order valence-corrected chi connectivity index (χ1v) is 11.0. The van der Waals surface area contributed by atoms with E-state index >= 15 is 0 Å². The van der Waals surface area contributed by atoms with Crippen LogP contribution < -0.4 is 45.9 Å². The number of carbonyl (C=O) groups is 4. The van der Waals surface area contributed by atoms with Gasteiger partial charge in [-0.25, -0.2) is 22.5 Å². The Morgan fingerprint density at radius 1 is 1.27 bits per heavy atom. The molecule has 1 aromatic carbocycles. The second-order valence-electron chi connectivity index (χ2n) is 6.43. The van der Waals surface area contributed by atoms with Crippen molar-refractivity contribution in [2.75, 3.05) is 12.8 Å². The van der Waals surface area contributed by atoms with Crippen molar-refractivity contribution in [1.82, 2.24) is 19.9 Å². The van der Waals surface area contributed by atoms with E-state index in [2.05, 4.69) is 20.4 Å². The van der Waals surface area contributed by atoms with Crippen molar-refractivity contribution in [2.24, 2.45) is 0 Å². The van der Waals surface area contributed by atoms with Crippen molar-refractivity contribution in [3.8, 4) is 0 Å². The van der Waals surface area contributed by atoms with Crippen molar-refractivity contribution in [2.45, 2.75) is 18.1 Å². The first-order valence-electron chi connectivity index (χ1n) is 8.78. The standard InChI is InChI=1S/C17H17N5O8S2.Na/c1-30-16(26)12-11(15(25)22(12)32(27,28)29)21-14(24)10(9-7-31-17(18)19-9)20-13(23)8-5-3-2-4-6-8;/h2-7,10-12H,1H3,(H2,18,19)(H,20,23)(H,21,24)(H,27,28,29);/q;+1/p-1/t10?,11-,12-;/m1./s1. The number of thiazole rings is 1. The van der Waals surface area contributed by atoms with Gasteiger partial charge in [-0.3, -0.25) is 14.4 Å². The molecule has 13 nitrogen and oxygen atoms in total. The monoisotopic (exact) mass is 505 g/mol. The molecule has 4 N–H and O–H groups in total. The number of rotatable bonds is 7. The first kappa shape index (κ1) is 26.7. The number of nitrogen functional groups attached to an aromatic ring is 1. The number of ether oxygens (including phenoxy) is 1. The van der Waals surface area contributed by atoms with E-state index in [1.807, 2.05) is 0 Å². The number of hydrogen-bond acceptors (Lipinski definition) is 11. The second-order valence-corrected chi connectivity index (χ2v) is 8.57. The molecule has 3 atom stereocenters. The summed E-state index contributed by atoms with van der Waals surface area (Å²) in [6.45, 7) is 0. The minimum Gasteiger partial charge on any atom is -0.731 e. The van der Waals surface area contributed by atoms with Crippen LogP contribution in [0.1, 0.15) is 22.1 Å². The summed E-state index contributed by atoms with van der Waals surface area (Å²) in [5.74, 6) is -4.19. The van der Waals surface area contributed by atoms with Gasteiger partial charge in [-0.15, -0.1) is 11.3 Å². The van der Waals surface area contributed by atoms with E-state index in [9.17, 15) is 32.1 Å². The molecule has 1 aliphatic rings. The van der Waals surface area contributed by atoms with E-state index in [0.29, 0.717) is 0 Å². The Morgan fingerprint density at radius 3 is 2.42 bits per heavy atom. The van der Waals surface area contributed by atoms with Gasteiger partial charge in [-0.1, -0.05) is 18.2 Å². The van der Waals surface area contributed by atoms with Crippen molar-refractivity contribution < 1.29 is 66.4 Å². The fraction of sp³-hybridized carbons (Fsp3) is 0.235. The number of β-lactam (4-membered cyclic amide) rings is 1. The predicted octanol–water partition coefficient (Wildman–Crippen LogP) is -4.47. The third-order valence-corrected chi connectivity index (χ3v) is 6.02. The molecule has 0 radical (unpaired) electrons. The molecule has 0 bridgehead atoms. The smallest absolute Gasteiger partial charge is 0.731 e. The van der Waals surface area contributed by atoms with Crippen LogP contribution in [0.5, 0.6) is 0 Å². The molecule has 1 aromatic heterocycles. The molecule has 0 saturated carbocycles. The van der Waals surface area contributed by atoms with Crippen LogP contribution in [0.2, 0.25) is 0 Å². The fourth-order valence-corrected chi connectivity index (χ4v) is 4.36. The Labute approximate surface area is 213 Å². The Hall–Kier alpha value is -2.56. The summed E-state index contributed by atoms with van der Waals surface area (Å²) in [7, 11) is -4.41. The summed E-state index contributed by atoms with van der Waals surface area (Å²) < 4.78 is 38.1. The van der Waals surface area contributed by atoms with Gasteiger partial charge < -0.3 is 25.7 Å². The van der Waals surface area contributed by atoms with Gasteiger partial charge in [0.2, 0.25) is 5.91 Å². The van der Waals surface area contributed by atoms with E-state index < -0.39 is 52.1 Å². The van der Waals surface area contributed by atoms with E-state index in [4.69, 9.17) is 5.73 Å². The first-order chi connectivity index (χ1) is 15.0. The summed E-state index contributed by atoms with van der Waals surface area (Å²) in [6.07, 6.45) is 0. The maximum Gasteiger partial charge on any atom is 1.00 e. The van der Waals surface area contributed by atoms with Crippen molar-refractivity contribution in [1.29, 1.82) is 0 Å². The quantitative estimate of drug-likeness (QED) is 0.143. The molecule has 16 heteroatoms. The zero-order valence-corrected chi connectivity index (χ0v) is 20.9. The molecule has 0 aliphatic carbocycles. The number of nitrogens with zero attached hydrogens (tertiary/aromatic N) is 2.